The van der Waals surface area contributed by atoms with Crippen LogP contribution in [0.2, 0.25) is 0 Å². The zero-order valence-electron chi connectivity index (χ0n) is 8.99. The number of aryl methyl sites for hydroxylation is 1. The van der Waals surface area contributed by atoms with Crippen molar-refractivity contribution < 1.29 is 9.53 Å². The van der Waals surface area contributed by atoms with Crippen LogP contribution >= 0.6 is 0 Å². The van der Waals surface area contributed by atoms with Crippen LogP contribution in [0.4, 0.5) is 0 Å². The van der Waals surface area contributed by atoms with Crippen LogP contribution in [0.1, 0.15) is 21.5 Å². The standard InChI is InChI=1S/C12H15NO2/c1-9-8-10(4-3-7-13)5-6-11(9)12(14)15-2/h3-6,8H,7,13H2,1-2H3/b4-3+. The van der Waals surface area contributed by atoms with Gasteiger partial charge in [0.15, 0.2) is 0 Å². The number of carbonyl (C=O) groups excluding carboxylic acids is 1. The van der Waals surface area contributed by atoms with Gasteiger partial charge in [-0.2, -0.15) is 0 Å². The molecule has 1 rings (SSSR count). The van der Waals surface area contributed by atoms with E-state index in [0.29, 0.717) is 12.1 Å². The van der Waals surface area contributed by atoms with Gasteiger partial charge in [0, 0.05) is 6.54 Å². The molecule has 0 aromatic heterocycles. The average molecular weight is 205 g/mol. The Morgan fingerprint density at radius 3 is 2.80 bits per heavy atom. The maximum Gasteiger partial charge on any atom is 0.338 e. The number of benzene rings is 1. The summed E-state index contributed by atoms with van der Waals surface area (Å²) in [5.74, 6) is -0.304. The van der Waals surface area contributed by atoms with E-state index >= 15 is 0 Å². The predicted octanol–water partition coefficient (Wildman–Crippen LogP) is 1.75. The first-order valence-electron chi connectivity index (χ1n) is 4.74. The number of ether oxygens (including phenoxy) is 1. The molecular weight excluding hydrogens is 190 g/mol. The third-order valence-corrected chi connectivity index (χ3v) is 2.10. The third-order valence-electron chi connectivity index (χ3n) is 2.10. The number of esters is 1. The summed E-state index contributed by atoms with van der Waals surface area (Å²) in [6.45, 7) is 2.39. The number of hydrogen-bond donors (Lipinski definition) is 1. The summed E-state index contributed by atoms with van der Waals surface area (Å²) in [6.07, 6.45) is 3.79. The number of nitrogens with two attached hydrogens (primary N) is 1. The Balaban J connectivity index is 2.98. The van der Waals surface area contributed by atoms with Gasteiger partial charge in [-0.15, -0.1) is 0 Å². The molecule has 0 saturated heterocycles. The van der Waals surface area contributed by atoms with Gasteiger partial charge < -0.3 is 10.5 Å². The van der Waals surface area contributed by atoms with E-state index in [1.165, 1.54) is 7.11 Å². The van der Waals surface area contributed by atoms with E-state index in [-0.39, 0.29) is 5.97 Å². The van der Waals surface area contributed by atoms with Crippen LogP contribution in [0.25, 0.3) is 6.08 Å². The van der Waals surface area contributed by atoms with Crippen molar-refractivity contribution in [3.63, 3.8) is 0 Å². The van der Waals surface area contributed by atoms with Gasteiger partial charge in [-0.25, -0.2) is 4.79 Å². The summed E-state index contributed by atoms with van der Waals surface area (Å²) in [6, 6.07) is 5.56. The Bertz CT molecular complexity index is 383. The molecule has 1 aromatic rings. The molecule has 2 N–H and O–H groups in total. The Labute approximate surface area is 89.5 Å². The van der Waals surface area contributed by atoms with Crippen LogP contribution in [0.3, 0.4) is 0 Å². The third kappa shape index (κ3) is 2.92. The molecule has 0 unspecified atom stereocenters. The number of methoxy groups -OCH3 is 1. The molecule has 0 spiro atoms. The highest BCUT2D eigenvalue weighted by atomic mass is 16.5. The van der Waals surface area contributed by atoms with Crippen molar-refractivity contribution in [3.8, 4) is 0 Å². The summed E-state index contributed by atoms with van der Waals surface area (Å²) >= 11 is 0. The molecule has 80 valence electrons. The van der Waals surface area contributed by atoms with E-state index in [2.05, 4.69) is 4.74 Å². The molecule has 15 heavy (non-hydrogen) atoms. The Kier molecular flexibility index (Phi) is 4.06. The molecule has 0 aliphatic heterocycles. The highest BCUT2D eigenvalue weighted by molar-refractivity contribution is 5.91. The minimum atomic E-state index is -0.304. The zero-order chi connectivity index (χ0) is 11.3. The van der Waals surface area contributed by atoms with E-state index in [1.807, 2.05) is 31.2 Å². The van der Waals surface area contributed by atoms with E-state index in [1.54, 1.807) is 6.07 Å². The van der Waals surface area contributed by atoms with E-state index in [4.69, 9.17) is 5.73 Å². The Morgan fingerprint density at radius 2 is 2.27 bits per heavy atom. The van der Waals surface area contributed by atoms with Crippen LogP contribution in [0.5, 0.6) is 0 Å². The van der Waals surface area contributed by atoms with Gasteiger partial charge in [-0.05, 0) is 24.1 Å². The zero-order valence-corrected chi connectivity index (χ0v) is 8.99. The van der Waals surface area contributed by atoms with Gasteiger partial charge in [0.05, 0.1) is 12.7 Å². The first-order chi connectivity index (χ1) is 7.19. The van der Waals surface area contributed by atoms with Crippen LogP contribution < -0.4 is 5.73 Å². The molecular formula is C12H15NO2. The molecule has 0 saturated carbocycles. The fourth-order valence-electron chi connectivity index (χ4n) is 1.33. The van der Waals surface area contributed by atoms with Gasteiger partial charge >= 0.3 is 5.97 Å². The first kappa shape index (κ1) is 11.5. The topological polar surface area (TPSA) is 52.3 Å². The molecule has 3 heteroatoms. The van der Waals surface area contributed by atoms with Crippen molar-refractivity contribution in [3.05, 3.63) is 41.0 Å². The van der Waals surface area contributed by atoms with E-state index < -0.39 is 0 Å². The summed E-state index contributed by atoms with van der Waals surface area (Å²) < 4.78 is 4.66. The van der Waals surface area contributed by atoms with Gasteiger partial charge in [-0.3, -0.25) is 0 Å². The molecule has 0 aliphatic carbocycles. The molecule has 3 nitrogen and oxygen atoms in total. The van der Waals surface area contributed by atoms with Gasteiger partial charge in [0.25, 0.3) is 0 Å². The number of rotatable bonds is 3. The second-order valence-corrected chi connectivity index (χ2v) is 3.20. The Morgan fingerprint density at radius 1 is 1.53 bits per heavy atom. The monoisotopic (exact) mass is 205 g/mol. The van der Waals surface area contributed by atoms with Gasteiger partial charge in [-0.1, -0.05) is 24.3 Å². The van der Waals surface area contributed by atoms with E-state index in [9.17, 15) is 4.79 Å². The summed E-state index contributed by atoms with van der Waals surface area (Å²) in [4.78, 5) is 11.3. The average Bonchev–Trinajstić information content (AvgIpc) is 2.25. The molecule has 0 heterocycles. The van der Waals surface area contributed by atoms with Crippen molar-refractivity contribution in [2.24, 2.45) is 5.73 Å². The quantitative estimate of drug-likeness (QED) is 0.765. The van der Waals surface area contributed by atoms with Gasteiger partial charge in [0.1, 0.15) is 0 Å². The van der Waals surface area contributed by atoms with Crippen LogP contribution in [-0.2, 0) is 4.74 Å². The number of hydrogen-bond acceptors (Lipinski definition) is 3. The lowest BCUT2D eigenvalue weighted by molar-refractivity contribution is 0.0600. The van der Waals surface area contributed by atoms with Crippen molar-refractivity contribution in [2.75, 3.05) is 13.7 Å². The minimum absolute atomic E-state index is 0.304. The minimum Gasteiger partial charge on any atom is -0.465 e. The Hall–Kier alpha value is -1.61. The fourth-order valence-corrected chi connectivity index (χ4v) is 1.33. The SMILES string of the molecule is COC(=O)c1ccc(/C=C/CN)cc1C. The molecule has 0 bridgehead atoms. The second kappa shape index (κ2) is 5.32. The van der Waals surface area contributed by atoms with Crippen molar-refractivity contribution >= 4 is 12.0 Å². The highest BCUT2D eigenvalue weighted by Crippen LogP contribution is 2.13. The fraction of sp³-hybridized carbons (Fsp3) is 0.250. The molecule has 1 aromatic carbocycles. The van der Waals surface area contributed by atoms with Crippen LogP contribution in [0.15, 0.2) is 24.3 Å². The first-order valence-corrected chi connectivity index (χ1v) is 4.74. The maximum atomic E-state index is 11.3. The summed E-state index contributed by atoms with van der Waals surface area (Å²) in [5.41, 5.74) is 7.89. The highest BCUT2D eigenvalue weighted by Gasteiger charge is 2.07. The van der Waals surface area contributed by atoms with Crippen molar-refractivity contribution in [1.29, 1.82) is 0 Å². The van der Waals surface area contributed by atoms with Crippen molar-refractivity contribution in [2.45, 2.75) is 6.92 Å². The summed E-state index contributed by atoms with van der Waals surface area (Å²) in [5, 5.41) is 0. The molecule has 0 fully saturated rings. The molecule has 0 atom stereocenters. The lowest BCUT2D eigenvalue weighted by Crippen LogP contribution is -2.03. The smallest absolute Gasteiger partial charge is 0.338 e. The van der Waals surface area contributed by atoms with E-state index in [0.717, 1.165) is 11.1 Å². The molecule has 0 radical (unpaired) electrons. The van der Waals surface area contributed by atoms with Gasteiger partial charge in [0.2, 0.25) is 0 Å². The maximum absolute atomic E-state index is 11.3. The molecule has 0 aliphatic rings. The van der Waals surface area contributed by atoms with Crippen LogP contribution in [-0.4, -0.2) is 19.6 Å². The lowest BCUT2D eigenvalue weighted by Gasteiger charge is -2.04. The molecule has 0 amide bonds. The summed E-state index contributed by atoms with van der Waals surface area (Å²) in [7, 11) is 1.38. The van der Waals surface area contributed by atoms with Crippen LogP contribution in [0, 0.1) is 6.92 Å². The normalized spacial score (nSPS) is 10.6. The lowest BCUT2D eigenvalue weighted by atomic mass is 10.0. The predicted molar refractivity (Wildman–Crippen MR) is 60.6 cm³/mol. The second-order valence-electron chi connectivity index (χ2n) is 3.20. The largest absolute Gasteiger partial charge is 0.465 e. The number of carbonyl (C=O) groups is 1. The van der Waals surface area contributed by atoms with Crippen molar-refractivity contribution in [1.82, 2.24) is 0 Å².